The van der Waals surface area contributed by atoms with Crippen molar-refractivity contribution in [3.8, 4) is 0 Å². The third kappa shape index (κ3) is 3.70. The summed E-state index contributed by atoms with van der Waals surface area (Å²) in [4.78, 5) is 5.28. The zero-order chi connectivity index (χ0) is 15.4. The van der Waals surface area contributed by atoms with Gasteiger partial charge in [0.25, 0.3) is 0 Å². The molecule has 1 atom stereocenters. The average Bonchev–Trinajstić information content (AvgIpc) is 3.06. The van der Waals surface area contributed by atoms with E-state index in [2.05, 4.69) is 41.0 Å². The first-order chi connectivity index (χ1) is 10.8. The third-order valence-corrected chi connectivity index (χ3v) is 5.57. The molecule has 1 aromatic rings. The topological polar surface area (TPSA) is 26.7 Å². The Balaban J connectivity index is 1.65. The molecule has 1 aromatic carbocycles. The monoisotopic (exact) mass is 302 g/mol. The highest BCUT2D eigenvalue weighted by Crippen LogP contribution is 2.27. The minimum absolute atomic E-state index is 0.299. The quantitative estimate of drug-likeness (QED) is 0.906. The molecular formula is C19H30N2O. The molecule has 22 heavy (non-hydrogen) atoms. The lowest BCUT2D eigenvalue weighted by atomic mass is 10.0. The molecule has 2 aliphatic rings. The number of aliphatic hydroxyl groups excluding tert-OH is 1. The molecule has 1 saturated heterocycles. The summed E-state index contributed by atoms with van der Waals surface area (Å²) < 4.78 is 0. The molecule has 1 heterocycles. The molecule has 2 fully saturated rings. The highest BCUT2D eigenvalue weighted by Gasteiger charge is 2.31. The lowest BCUT2D eigenvalue weighted by Gasteiger charge is -2.44. The van der Waals surface area contributed by atoms with Crippen LogP contribution >= 0.6 is 0 Å². The lowest BCUT2D eigenvalue weighted by Crippen LogP contribution is -2.55. The van der Waals surface area contributed by atoms with Crippen LogP contribution in [-0.2, 0) is 6.54 Å². The van der Waals surface area contributed by atoms with E-state index in [4.69, 9.17) is 0 Å². The lowest BCUT2D eigenvalue weighted by molar-refractivity contribution is 0.0326. The van der Waals surface area contributed by atoms with Crippen molar-refractivity contribution in [2.24, 2.45) is 0 Å². The van der Waals surface area contributed by atoms with Crippen molar-refractivity contribution in [2.75, 3.05) is 26.2 Å². The van der Waals surface area contributed by atoms with Crippen molar-refractivity contribution in [1.82, 2.24) is 9.80 Å². The zero-order valence-corrected chi connectivity index (χ0v) is 13.9. The van der Waals surface area contributed by atoms with E-state index in [0.717, 1.165) is 32.1 Å². The van der Waals surface area contributed by atoms with Gasteiger partial charge in [-0.3, -0.25) is 9.80 Å². The summed E-state index contributed by atoms with van der Waals surface area (Å²) in [6.07, 6.45) is 6.46. The molecule has 3 rings (SSSR count). The Hall–Kier alpha value is -0.900. The van der Waals surface area contributed by atoms with Gasteiger partial charge >= 0.3 is 0 Å². The van der Waals surface area contributed by atoms with E-state index in [1.807, 2.05) is 0 Å². The number of benzene rings is 1. The summed E-state index contributed by atoms with van der Waals surface area (Å²) in [7, 11) is 0. The number of rotatable bonds is 5. The van der Waals surface area contributed by atoms with Crippen molar-refractivity contribution in [3.05, 3.63) is 35.4 Å². The van der Waals surface area contributed by atoms with Gasteiger partial charge in [0.05, 0.1) is 0 Å². The number of hydrogen-bond acceptors (Lipinski definition) is 3. The molecule has 1 aliphatic heterocycles. The van der Waals surface area contributed by atoms with Crippen LogP contribution in [-0.4, -0.2) is 53.2 Å². The van der Waals surface area contributed by atoms with E-state index in [1.165, 1.54) is 43.4 Å². The minimum Gasteiger partial charge on any atom is -0.396 e. The van der Waals surface area contributed by atoms with Crippen LogP contribution in [0.3, 0.4) is 0 Å². The molecule has 122 valence electrons. The van der Waals surface area contributed by atoms with Crippen molar-refractivity contribution in [3.63, 3.8) is 0 Å². The third-order valence-electron chi connectivity index (χ3n) is 5.57. The SMILES string of the molecule is Cc1ccccc1CN1CCN(C2CCCC2)C[C@@H]1CCO. The van der Waals surface area contributed by atoms with E-state index < -0.39 is 0 Å². The van der Waals surface area contributed by atoms with Crippen LogP contribution < -0.4 is 0 Å². The molecule has 1 aliphatic carbocycles. The molecule has 0 amide bonds. The van der Waals surface area contributed by atoms with Crippen LogP contribution in [0.4, 0.5) is 0 Å². The van der Waals surface area contributed by atoms with E-state index >= 15 is 0 Å². The maximum absolute atomic E-state index is 9.46. The Labute approximate surface area is 134 Å². The summed E-state index contributed by atoms with van der Waals surface area (Å²) in [5.41, 5.74) is 2.81. The molecule has 1 N–H and O–H groups in total. The molecule has 1 saturated carbocycles. The minimum atomic E-state index is 0.299. The number of aryl methyl sites for hydroxylation is 1. The maximum atomic E-state index is 9.46. The second kappa shape index (κ2) is 7.58. The Morgan fingerprint density at radius 1 is 1.14 bits per heavy atom. The van der Waals surface area contributed by atoms with Gasteiger partial charge in [-0.1, -0.05) is 37.1 Å². The predicted molar refractivity (Wildman–Crippen MR) is 90.9 cm³/mol. The van der Waals surface area contributed by atoms with Crippen molar-refractivity contribution in [1.29, 1.82) is 0 Å². The van der Waals surface area contributed by atoms with Gasteiger partial charge in [-0.25, -0.2) is 0 Å². The molecular weight excluding hydrogens is 272 g/mol. The smallest absolute Gasteiger partial charge is 0.0446 e. The van der Waals surface area contributed by atoms with Gasteiger partial charge in [0.15, 0.2) is 0 Å². The van der Waals surface area contributed by atoms with Crippen molar-refractivity contribution in [2.45, 2.75) is 57.7 Å². The first-order valence-corrected chi connectivity index (χ1v) is 8.91. The van der Waals surface area contributed by atoms with Crippen molar-refractivity contribution >= 4 is 0 Å². The molecule has 0 spiro atoms. The fraction of sp³-hybridized carbons (Fsp3) is 0.684. The fourth-order valence-corrected chi connectivity index (χ4v) is 4.16. The van der Waals surface area contributed by atoms with Crippen LogP contribution in [0.5, 0.6) is 0 Å². The van der Waals surface area contributed by atoms with Crippen LogP contribution in [0.25, 0.3) is 0 Å². The summed E-state index contributed by atoms with van der Waals surface area (Å²) in [6.45, 7) is 6.99. The van der Waals surface area contributed by atoms with Gasteiger partial charge in [0, 0.05) is 44.9 Å². The summed E-state index contributed by atoms with van der Waals surface area (Å²) in [6, 6.07) is 10.0. The number of aliphatic hydroxyl groups is 1. The second-order valence-corrected chi connectivity index (χ2v) is 7.00. The summed E-state index contributed by atoms with van der Waals surface area (Å²) >= 11 is 0. The van der Waals surface area contributed by atoms with Gasteiger partial charge in [-0.15, -0.1) is 0 Å². The van der Waals surface area contributed by atoms with Gasteiger partial charge in [-0.2, -0.15) is 0 Å². The van der Waals surface area contributed by atoms with Gasteiger partial charge in [0.1, 0.15) is 0 Å². The van der Waals surface area contributed by atoms with Crippen LogP contribution in [0.15, 0.2) is 24.3 Å². The molecule has 0 aromatic heterocycles. The fourth-order valence-electron chi connectivity index (χ4n) is 4.16. The predicted octanol–water partition coefficient (Wildman–Crippen LogP) is 2.81. The van der Waals surface area contributed by atoms with Gasteiger partial charge in [0.2, 0.25) is 0 Å². The highest BCUT2D eigenvalue weighted by molar-refractivity contribution is 5.25. The second-order valence-electron chi connectivity index (χ2n) is 7.00. The largest absolute Gasteiger partial charge is 0.396 e. The molecule has 3 nitrogen and oxygen atoms in total. The number of nitrogens with zero attached hydrogens (tertiary/aromatic N) is 2. The normalized spacial score (nSPS) is 24.9. The van der Waals surface area contributed by atoms with Gasteiger partial charge < -0.3 is 5.11 Å². The Kier molecular flexibility index (Phi) is 5.51. The molecule has 0 radical (unpaired) electrons. The number of piperazine rings is 1. The zero-order valence-electron chi connectivity index (χ0n) is 13.9. The molecule has 3 heteroatoms. The first-order valence-electron chi connectivity index (χ1n) is 8.91. The van der Waals surface area contributed by atoms with E-state index in [0.29, 0.717) is 12.6 Å². The Bertz CT molecular complexity index is 470. The Morgan fingerprint density at radius 2 is 1.91 bits per heavy atom. The van der Waals surface area contributed by atoms with Crippen LogP contribution in [0.2, 0.25) is 0 Å². The van der Waals surface area contributed by atoms with Crippen LogP contribution in [0.1, 0.15) is 43.2 Å². The van der Waals surface area contributed by atoms with Crippen molar-refractivity contribution < 1.29 is 5.11 Å². The average molecular weight is 302 g/mol. The Morgan fingerprint density at radius 3 is 2.64 bits per heavy atom. The highest BCUT2D eigenvalue weighted by atomic mass is 16.3. The van der Waals surface area contributed by atoms with E-state index in [1.54, 1.807) is 0 Å². The first kappa shape index (κ1) is 16.0. The summed E-state index contributed by atoms with van der Waals surface area (Å²) in [5.74, 6) is 0. The van der Waals surface area contributed by atoms with Gasteiger partial charge in [-0.05, 0) is 37.3 Å². The van der Waals surface area contributed by atoms with Crippen LogP contribution in [0, 0.1) is 6.92 Å². The van der Waals surface area contributed by atoms with E-state index in [-0.39, 0.29) is 0 Å². The molecule has 0 bridgehead atoms. The van der Waals surface area contributed by atoms with E-state index in [9.17, 15) is 5.11 Å². The molecule has 0 unspecified atom stereocenters. The maximum Gasteiger partial charge on any atom is 0.0446 e. The summed E-state index contributed by atoms with van der Waals surface area (Å²) in [5, 5.41) is 9.46. The standard InChI is InChI=1S/C19H30N2O/c1-16-6-2-3-7-17(16)14-20-11-12-21(15-19(20)10-13-22)18-8-4-5-9-18/h2-3,6-7,18-19,22H,4-5,8-15H2,1H3/t19-/m0/s1. The number of hydrogen-bond donors (Lipinski definition) is 1.